The molecule has 5 aromatic heterocycles. The van der Waals surface area contributed by atoms with Gasteiger partial charge in [0.15, 0.2) is 5.82 Å². The number of halogens is 2. The number of carbonyl (C=O) groups excluding carboxylic acids is 2. The van der Waals surface area contributed by atoms with Gasteiger partial charge in [-0.2, -0.15) is 5.10 Å². The molecule has 0 bridgehead atoms. The Morgan fingerprint density at radius 2 is 2.02 bits per heavy atom. The fraction of sp³-hybridized carbons (Fsp3) is 0.321. The van der Waals surface area contributed by atoms with Crippen molar-refractivity contribution in [2.24, 2.45) is 11.1 Å². The second-order valence-electron chi connectivity index (χ2n) is 11.0. The molecule has 2 amide bonds. The van der Waals surface area contributed by atoms with Crippen LogP contribution in [0.2, 0.25) is 5.02 Å². The summed E-state index contributed by atoms with van der Waals surface area (Å²) in [6, 6.07) is 3.59. The molecule has 1 saturated carbocycles. The summed E-state index contributed by atoms with van der Waals surface area (Å²) in [6.07, 6.45) is 13.0. The first kappa shape index (κ1) is 26.0. The number of rotatable bonds is 9. The summed E-state index contributed by atoms with van der Waals surface area (Å²) >= 11 is 5.90. The molecule has 5 aromatic rings. The van der Waals surface area contributed by atoms with Crippen LogP contribution in [-0.2, 0) is 24.3 Å². The zero-order valence-corrected chi connectivity index (χ0v) is 22.8. The van der Waals surface area contributed by atoms with E-state index >= 15 is 0 Å². The molecule has 206 valence electrons. The summed E-state index contributed by atoms with van der Waals surface area (Å²) in [6.45, 7) is 4.06. The van der Waals surface area contributed by atoms with Crippen molar-refractivity contribution in [3.8, 4) is 0 Å². The molecular weight excluding hydrogens is 535 g/mol. The molecule has 12 heteroatoms. The number of primary amides is 1. The molecule has 0 atom stereocenters. The lowest BCUT2D eigenvalue weighted by atomic mass is 9.85. The third-order valence-electron chi connectivity index (χ3n) is 7.35. The van der Waals surface area contributed by atoms with E-state index < -0.39 is 11.2 Å². The fourth-order valence-corrected chi connectivity index (χ4v) is 5.01. The Balaban J connectivity index is 1.19. The van der Waals surface area contributed by atoms with E-state index in [1.807, 2.05) is 24.4 Å². The smallest absolute Gasteiger partial charge is 0.254 e. The van der Waals surface area contributed by atoms with Crippen molar-refractivity contribution in [1.29, 1.82) is 0 Å². The number of imidazole rings is 2. The number of fused-ring (bicyclic) bond motifs is 2. The van der Waals surface area contributed by atoms with E-state index in [1.165, 1.54) is 28.6 Å². The highest BCUT2D eigenvalue weighted by Gasteiger charge is 2.29. The first-order valence-electron chi connectivity index (χ1n) is 13.0. The maximum Gasteiger partial charge on any atom is 0.254 e. The predicted octanol–water partition coefficient (Wildman–Crippen LogP) is 3.88. The van der Waals surface area contributed by atoms with Crippen LogP contribution in [0.3, 0.4) is 0 Å². The van der Waals surface area contributed by atoms with Crippen LogP contribution in [0.5, 0.6) is 0 Å². The molecule has 1 fully saturated rings. The van der Waals surface area contributed by atoms with Gasteiger partial charge in [-0.3, -0.25) is 14.3 Å². The molecule has 0 spiro atoms. The van der Waals surface area contributed by atoms with Crippen molar-refractivity contribution in [2.45, 2.75) is 52.1 Å². The highest BCUT2D eigenvalue weighted by molar-refractivity contribution is 6.31. The molecule has 6 rings (SSSR count). The van der Waals surface area contributed by atoms with Crippen LogP contribution >= 0.6 is 11.6 Å². The molecule has 0 radical (unpaired) electrons. The van der Waals surface area contributed by atoms with E-state index in [0.717, 1.165) is 29.7 Å². The minimum Gasteiger partial charge on any atom is -0.369 e. The Hall–Kier alpha value is -4.25. The summed E-state index contributed by atoms with van der Waals surface area (Å²) < 4.78 is 19.6. The van der Waals surface area contributed by atoms with Crippen LogP contribution in [0.25, 0.3) is 11.2 Å². The van der Waals surface area contributed by atoms with Crippen molar-refractivity contribution in [3.63, 3.8) is 0 Å². The topological polar surface area (TPSA) is 125 Å². The fourth-order valence-electron chi connectivity index (χ4n) is 4.87. The lowest BCUT2D eigenvalue weighted by molar-refractivity contribution is -0.125. The Morgan fingerprint density at radius 3 is 2.77 bits per heavy atom. The minimum atomic E-state index is -0.708. The second kappa shape index (κ2) is 9.74. The molecule has 10 nitrogen and oxygen atoms in total. The van der Waals surface area contributed by atoms with E-state index in [-0.39, 0.29) is 28.9 Å². The summed E-state index contributed by atoms with van der Waals surface area (Å²) in [5.41, 5.74) is 9.64. The van der Waals surface area contributed by atoms with Crippen LogP contribution in [0, 0.1) is 11.2 Å². The maximum absolute atomic E-state index is 14.5. The van der Waals surface area contributed by atoms with Crippen molar-refractivity contribution in [3.05, 3.63) is 88.4 Å². The third-order valence-corrected chi connectivity index (χ3v) is 7.64. The highest BCUT2D eigenvalue weighted by Crippen LogP contribution is 2.41. The average Bonchev–Trinajstić information content (AvgIpc) is 3.31. The first-order chi connectivity index (χ1) is 19.1. The third kappa shape index (κ3) is 4.92. The maximum atomic E-state index is 14.5. The van der Waals surface area contributed by atoms with Gasteiger partial charge in [-0.15, -0.1) is 0 Å². The second-order valence-corrected chi connectivity index (χ2v) is 11.4. The van der Waals surface area contributed by atoms with Crippen molar-refractivity contribution < 1.29 is 14.0 Å². The highest BCUT2D eigenvalue weighted by atomic mass is 35.5. The monoisotopic (exact) mass is 562 g/mol. The normalized spacial score (nSPS) is 13.8. The number of hydrogen-bond donors (Lipinski definition) is 2. The Labute approximate surface area is 234 Å². The number of pyridine rings is 2. The number of carbonyl (C=O) groups is 2. The van der Waals surface area contributed by atoms with E-state index in [2.05, 4.69) is 27.7 Å². The van der Waals surface area contributed by atoms with Gasteiger partial charge in [-0.05, 0) is 42.4 Å². The molecule has 0 unspecified atom stereocenters. The standard InChI is InChI=1S/C28H28ClFN8O2/c1-28(2,27(31)40)8-17-7-18(16-3-4-16)11-37-13-20(35-25(17)37)14-38-12-19(9-34-38)26(39)32-10-22-24-23(30)21(29)5-6-36(24)15-33-22/h5-7,9,11-13,15-16H,3-4,8,10,14H2,1-2H3,(H2,31,40)(H,32,39). The van der Waals surface area contributed by atoms with Crippen molar-refractivity contribution in [1.82, 2.24) is 33.9 Å². The molecule has 3 N–H and O–H groups in total. The summed E-state index contributed by atoms with van der Waals surface area (Å²) in [5.74, 6) is -0.773. The van der Waals surface area contributed by atoms with Crippen molar-refractivity contribution >= 4 is 34.6 Å². The number of hydrogen-bond acceptors (Lipinski definition) is 5. The number of amides is 2. The van der Waals surface area contributed by atoms with E-state index in [9.17, 15) is 14.0 Å². The zero-order valence-electron chi connectivity index (χ0n) is 22.1. The van der Waals surface area contributed by atoms with Crippen LogP contribution in [0.4, 0.5) is 4.39 Å². The molecule has 40 heavy (non-hydrogen) atoms. The molecular formula is C28H28ClFN8O2. The molecule has 0 aliphatic heterocycles. The zero-order chi connectivity index (χ0) is 28.2. The molecule has 1 aliphatic rings. The summed E-state index contributed by atoms with van der Waals surface area (Å²) in [5, 5.41) is 7.08. The van der Waals surface area contributed by atoms with Crippen LogP contribution in [0.15, 0.2) is 49.4 Å². The Morgan fingerprint density at radius 1 is 1.23 bits per heavy atom. The minimum absolute atomic E-state index is 0.0127. The molecule has 0 aromatic carbocycles. The van der Waals surface area contributed by atoms with Gasteiger partial charge in [0.1, 0.15) is 11.2 Å². The van der Waals surface area contributed by atoms with Crippen LogP contribution in [0.1, 0.15) is 65.5 Å². The van der Waals surface area contributed by atoms with Gasteiger partial charge < -0.3 is 19.9 Å². The molecule has 5 heterocycles. The largest absolute Gasteiger partial charge is 0.369 e. The lowest BCUT2D eigenvalue weighted by Crippen LogP contribution is -2.33. The number of nitrogens with one attached hydrogen (secondary N) is 1. The average molecular weight is 563 g/mol. The Bertz CT molecular complexity index is 1780. The van der Waals surface area contributed by atoms with Gasteiger partial charge in [-0.25, -0.2) is 14.4 Å². The number of aromatic nitrogens is 6. The summed E-state index contributed by atoms with van der Waals surface area (Å²) in [4.78, 5) is 33.8. The van der Waals surface area contributed by atoms with Gasteiger partial charge in [0, 0.05) is 30.2 Å². The lowest BCUT2D eigenvalue weighted by Gasteiger charge is -2.21. The summed E-state index contributed by atoms with van der Waals surface area (Å²) in [7, 11) is 0. The van der Waals surface area contributed by atoms with Crippen LogP contribution in [-0.4, -0.2) is 40.4 Å². The van der Waals surface area contributed by atoms with Gasteiger partial charge in [0.25, 0.3) is 5.91 Å². The molecule has 1 aliphatic carbocycles. The van der Waals surface area contributed by atoms with Crippen molar-refractivity contribution in [2.75, 3.05) is 0 Å². The van der Waals surface area contributed by atoms with Gasteiger partial charge >= 0.3 is 0 Å². The van der Waals surface area contributed by atoms with Crippen LogP contribution < -0.4 is 11.1 Å². The van der Waals surface area contributed by atoms with Gasteiger partial charge in [0.2, 0.25) is 5.91 Å². The SMILES string of the molecule is CC(C)(Cc1cc(C2CC2)cn2cc(Cn3cc(C(=O)NCc4ncn5ccc(Cl)c(F)c45)cn3)nc12)C(N)=O. The number of nitrogens with two attached hydrogens (primary N) is 1. The predicted molar refractivity (Wildman–Crippen MR) is 147 cm³/mol. The first-order valence-corrected chi connectivity index (χ1v) is 13.4. The van der Waals surface area contributed by atoms with E-state index in [4.69, 9.17) is 22.3 Å². The van der Waals surface area contributed by atoms with Gasteiger partial charge in [-0.1, -0.05) is 31.5 Å². The quantitative estimate of drug-likeness (QED) is 0.282. The Kier molecular flexibility index (Phi) is 6.33. The number of nitrogens with zero attached hydrogens (tertiary/aromatic N) is 6. The van der Waals surface area contributed by atoms with Gasteiger partial charge in [0.05, 0.1) is 47.6 Å². The van der Waals surface area contributed by atoms with E-state index in [1.54, 1.807) is 17.1 Å². The molecule has 0 saturated heterocycles. The van der Waals surface area contributed by atoms with E-state index in [0.29, 0.717) is 30.1 Å².